The molecule has 0 saturated heterocycles. The second-order valence-electron chi connectivity index (χ2n) is 3.55. The Kier molecular flexibility index (Phi) is 2.40. The molecular weight excluding hydrogens is 210 g/mol. The summed E-state index contributed by atoms with van der Waals surface area (Å²) in [6.45, 7) is 1.97. The van der Waals surface area contributed by atoms with Crippen molar-refractivity contribution in [3.63, 3.8) is 0 Å². The van der Waals surface area contributed by atoms with E-state index in [-0.39, 0.29) is 0 Å². The van der Waals surface area contributed by atoms with Gasteiger partial charge in [-0.25, -0.2) is 4.98 Å². The summed E-state index contributed by atoms with van der Waals surface area (Å²) in [5.41, 5.74) is 8.66. The van der Waals surface area contributed by atoms with Crippen LogP contribution in [0, 0.1) is 6.92 Å². The van der Waals surface area contributed by atoms with Crippen molar-refractivity contribution < 1.29 is 0 Å². The van der Waals surface area contributed by atoms with Crippen molar-refractivity contribution in [3.05, 3.63) is 35.1 Å². The fourth-order valence-corrected chi connectivity index (χ4v) is 1.58. The van der Waals surface area contributed by atoms with Gasteiger partial charge in [-0.1, -0.05) is 23.7 Å². The predicted molar refractivity (Wildman–Crippen MR) is 62.8 cm³/mol. The van der Waals surface area contributed by atoms with E-state index in [4.69, 9.17) is 17.3 Å². The minimum atomic E-state index is 0.648. The third kappa shape index (κ3) is 1.70. The van der Waals surface area contributed by atoms with Crippen LogP contribution in [0.3, 0.4) is 0 Å². The zero-order valence-electron chi connectivity index (χ0n) is 8.66. The van der Waals surface area contributed by atoms with E-state index < -0.39 is 0 Å². The summed E-state index contributed by atoms with van der Waals surface area (Å²) in [7, 11) is 1.86. The quantitative estimate of drug-likeness (QED) is 0.805. The monoisotopic (exact) mass is 221 g/mol. The second kappa shape index (κ2) is 3.59. The number of halogens is 1. The van der Waals surface area contributed by atoms with E-state index in [1.165, 1.54) is 0 Å². The van der Waals surface area contributed by atoms with Gasteiger partial charge in [0.1, 0.15) is 11.5 Å². The zero-order chi connectivity index (χ0) is 11.0. The SMILES string of the molecule is Cc1ccc(-c2ncn(C)c2N)cc1Cl. The Morgan fingerprint density at radius 2 is 2.13 bits per heavy atom. The normalized spacial score (nSPS) is 10.6. The van der Waals surface area contributed by atoms with Crippen LogP contribution >= 0.6 is 11.6 Å². The summed E-state index contributed by atoms with van der Waals surface area (Å²) in [6, 6.07) is 5.82. The van der Waals surface area contributed by atoms with E-state index in [9.17, 15) is 0 Å². The molecule has 3 nitrogen and oxygen atoms in total. The summed E-state index contributed by atoms with van der Waals surface area (Å²) in [6.07, 6.45) is 1.69. The number of nitrogens with zero attached hydrogens (tertiary/aromatic N) is 2. The second-order valence-corrected chi connectivity index (χ2v) is 3.96. The van der Waals surface area contributed by atoms with E-state index in [2.05, 4.69) is 4.98 Å². The molecule has 0 amide bonds. The van der Waals surface area contributed by atoms with E-state index in [0.29, 0.717) is 5.82 Å². The molecule has 2 rings (SSSR count). The molecule has 1 aromatic heterocycles. The van der Waals surface area contributed by atoms with Crippen LogP contribution in [0.4, 0.5) is 5.82 Å². The van der Waals surface area contributed by atoms with Crippen molar-refractivity contribution in [2.75, 3.05) is 5.73 Å². The van der Waals surface area contributed by atoms with Gasteiger partial charge >= 0.3 is 0 Å². The molecule has 0 spiro atoms. The molecule has 0 aliphatic carbocycles. The van der Waals surface area contributed by atoms with Crippen LogP contribution in [0.1, 0.15) is 5.56 Å². The van der Waals surface area contributed by atoms with Crippen molar-refractivity contribution in [1.82, 2.24) is 9.55 Å². The maximum absolute atomic E-state index is 6.05. The van der Waals surface area contributed by atoms with Gasteiger partial charge in [0.25, 0.3) is 0 Å². The molecular formula is C11H12ClN3. The molecule has 2 aromatic rings. The summed E-state index contributed by atoms with van der Waals surface area (Å²) in [5.74, 6) is 0.648. The molecule has 0 saturated carbocycles. The van der Waals surface area contributed by atoms with Gasteiger partial charge in [-0.05, 0) is 18.6 Å². The lowest BCUT2D eigenvalue weighted by Crippen LogP contribution is -1.95. The average Bonchev–Trinajstić information content (AvgIpc) is 2.53. The Morgan fingerprint density at radius 3 is 2.67 bits per heavy atom. The van der Waals surface area contributed by atoms with Crippen LogP contribution < -0.4 is 5.73 Å². The largest absolute Gasteiger partial charge is 0.383 e. The molecule has 0 unspecified atom stereocenters. The third-order valence-electron chi connectivity index (χ3n) is 2.43. The van der Waals surface area contributed by atoms with Crippen molar-refractivity contribution in [2.24, 2.45) is 7.05 Å². The van der Waals surface area contributed by atoms with Gasteiger partial charge in [0.05, 0.1) is 6.33 Å². The molecule has 15 heavy (non-hydrogen) atoms. The van der Waals surface area contributed by atoms with Crippen LogP contribution in [-0.2, 0) is 7.05 Å². The molecule has 0 radical (unpaired) electrons. The first-order chi connectivity index (χ1) is 7.09. The fraction of sp³-hybridized carbons (Fsp3) is 0.182. The highest BCUT2D eigenvalue weighted by atomic mass is 35.5. The van der Waals surface area contributed by atoms with Crippen molar-refractivity contribution in [1.29, 1.82) is 0 Å². The number of rotatable bonds is 1. The molecule has 0 bridgehead atoms. The lowest BCUT2D eigenvalue weighted by Gasteiger charge is -2.03. The molecule has 4 heteroatoms. The Morgan fingerprint density at radius 1 is 1.40 bits per heavy atom. The number of aromatic nitrogens is 2. The molecule has 0 fully saturated rings. The smallest absolute Gasteiger partial charge is 0.131 e. The molecule has 2 N–H and O–H groups in total. The molecule has 0 aliphatic rings. The fourth-order valence-electron chi connectivity index (χ4n) is 1.40. The summed E-state index contributed by atoms with van der Waals surface area (Å²) in [4.78, 5) is 4.24. The van der Waals surface area contributed by atoms with Crippen molar-refractivity contribution in [2.45, 2.75) is 6.92 Å². The van der Waals surface area contributed by atoms with E-state index >= 15 is 0 Å². The maximum Gasteiger partial charge on any atom is 0.131 e. The topological polar surface area (TPSA) is 43.8 Å². The van der Waals surface area contributed by atoms with E-state index in [1.54, 1.807) is 10.9 Å². The lowest BCUT2D eigenvalue weighted by atomic mass is 10.1. The van der Waals surface area contributed by atoms with Gasteiger partial charge in [0, 0.05) is 17.6 Å². The highest BCUT2D eigenvalue weighted by Gasteiger charge is 2.08. The highest BCUT2D eigenvalue weighted by Crippen LogP contribution is 2.27. The average molecular weight is 222 g/mol. The minimum absolute atomic E-state index is 0.648. The van der Waals surface area contributed by atoms with Gasteiger partial charge in [0.2, 0.25) is 0 Å². The molecule has 1 aromatic carbocycles. The first-order valence-electron chi connectivity index (χ1n) is 4.63. The first kappa shape index (κ1) is 10.1. The summed E-state index contributed by atoms with van der Waals surface area (Å²) in [5, 5.41) is 0.734. The van der Waals surface area contributed by atoms with Crippen molar-refractivity contribution >= 4 is 17.4 Å². The Bertz CT molecular complexity index is 503. The first-order valence-corrected chi connectivity index (χ1v) is 5.00. The maximum atomic E-state index is 6.05. The molecule has 1 heterocycles. The Labute approximate surface area is 93.5 Å². The predicted octanol–water partition coefficient (Wildman–Crippen LogP) is 2.63. The van der Waals surface area contributed by atoms with Gasteiger partial charge in [-0.2, -0.15) is 0 Å². The molecule has 78 valence electrons. The minimum Gasteiger partial charge on any atom is -0.383 e. The van der Waals surface area contributed by atoms with Crippen LogP contribution in [0.25, 0.3) is 11.3 Å². The number of nitrogens with two attached hydrogens (primary N) is 1. The highest BCUT2D eigenvalue weighted by molar-refractivity contribution is 6.31. The lowest BCUT2D eigenvalue weighted by molar-refractivity contribution is 0.925. The van der Waals surface area contributed by atoms with Crippen LogP contribution in [0.15, 0.2) is 24.5 Å². The molecule has 0 aliphatic heterocycles. The van der Waals surface area contributed by atoms with Gasteiger partial charge in [-0.15, -0.1) is 0 Å². The van der Waals surface area contributed by atoms with Crippen LogP contribution in [0.2, 0.25) is 5.02 Å². The number of imidazole rings is 1. The Balaban J connectivity index is 2.55. The third-order valence-corrected chi connectivity index (χ3v) is 2.84. The van der Waals surface area contributed by atoms with Crippen molar-refractivity contribution in [3.8, 4) is 11.3 Å². The summed E-state index contributed by atoms with van der Waals surface area (Å²) < 4.78 is 1.78. The Hall–Kier alpha value is -1.48. The number of nitrogen functional groups attached to an aromatic ring is 1. The number of benzene rings is 1. The summed E-state index contributed by atoms with van der Waals surface area (Å²) >= 11 is 6.05. The zero-order valence-corrected chi connectivity index (χ0v) is 9.42. The van der Waals surface area contributed by atoms with Gasteiger partial charge in [-0.3, -0.25) is 0 Å². The molecule has 0 atom stereocenters. The number of hydrogen-bond donors (Lipinski definition) is 1. The van der Waals surface area contributed by atoms with Crippen LogP contribution in [-0.4, -0.2) is 9.55 Å². The number of aryl methyl sites for hydroxylation is 2. The van der Waals surface area contributed by atoms with Gasteiger partial charge < -0.3 is 10.3 Å². The van der Waals surface area contributed by atoms with E-state index in [0.717, 1.165) is 21.8 Å². The number of anilines is 1. The number of hydrogen-bond acceptors (Lipinski definition) is 2. The van der Waals surface area contributed by atoms with Gasteiger partial charge in [0.15, 0.2) is 0 Å². The van der Waals surface area contributed by atoms with E-state index in [1.807, 2.05) is 32.2 Å². The standard InChI is InChI=1S/C11H12ClN3/c1-7-3-4-8(5-9(7)12)10-11(13)15(2)6-14-10/h3-6H,13H2,1-2H3. The van der Waals surface area contributed by atoms with Crippen LogP contribution in [0.5, 0.6) is 0 Å².